The fourth-order valence-electron chi connectivity index (χ4n) is 2.81. The van der Waals surface area contributed by atoms with Crippen LogP contribution in [0.2, 0.25) is 0 Å². The number of hydrogen-bond acceptors (Lipinski definition) is 5. The first-order valence-corrected chi connectivity index (χ1v) is 7.19. The summed E-state index contributed by atoms with van der Waals surface area (Å²) in [5.41, 5.74) is 7.32. The summed E-state index contributed by atoms with van der Waals surface area (Å²) in [5, 5.41) is 3.39. The highest BCUT2D eigenvalue weighted by Gasteiger charge is 2.21. The van der Waals surface area contributed by atoms with Gasteiger partial charge in [0.2, 0.25) is 0 Å². The summed E-state index contributed by atoms with van der Waals surface area (Å²) in [5.74, 6) is 1.47. The van der Waals surface area contributed by atoms with Crippen LogP contribution in [0.1, 0.15) is 25.7 Å². The lowest BCUT2D eigenvalue weighted by Crippen LogP contribution is -2.29. The molecule has 0 amide bonds. The highest BCUT2D eigenvalue weighted by Crippen LogP contribution is 2.28. The van der Waals surface area contributed by atoms with Gasteiger partial charge in [-0.15, -0.1) is 0 Å². The fourth-order valence-corrected chi connectivity index (χ4v) is 2.81. The molecule has 20 heavy (non-hydrogen) atoms. The Kier molecular flexibility index (Phi) is 3.78. The van der Waals surface area contributed by atoms with Crippen molar-refractivity contribution < 1.29 is 9.15 Å². The molecule has 3 N–H and O–H groups in total. The Bertz CT molecular complexity index is 574. The number of benzene rings is 1. The first-order chi connectivity index (χ1) is 9.78. The van der Waals surface area contributed by atoms with Crippen molar-refractivity contribution in [1.29, 1.82) is 0 Å². The molecule has 1 fully saturated rings. The van der Waals surface area contributed by atoms with Crippen LogP contribution in [0, 0.1) is 5.92 Å². The van der Waals surface area contributed by atoms with Crippen molar-refractivity contribution in [3.05, 3.63) is 18.2 Å². The molecule has 1 saturated carbocycles. The third kappa shape index (κ3) is 2.72. The standard InChI is InChI=1S/C15H21N3O2/c1-19-12-6-7-14-13(8-12)18-15(20-14)17-11-4-2-10(9-16)3-5-11/h6-8,10-11H,2-5,9,16H2,1H3,(H,17,18). The second-order valence-electron chi connectivity index (χ2n) is 5.45. The summed E-state index contributed by atoms with van der Waals surface area (Å²) in [7, 11) is 1.65. The van der Waals surface area contributed by atoms with Crippen LogP contribution < -0.4 is 15.8 Å². The van der Waals surface area contributed by atoms with Crippen LogP contribution >= 0.6 is 0 Å². The Labute approximate surface area is 118 Å². The molecule has 0 aliphatic heterocycles. The molecular formula is C15H21N3O2. The Morgan fingerprint density at radius 2 is 2.15 bits per heavy atom. The highest BCUT2D eigenvalue weighted by molar-refractivity contribution is 5.76. The van der Waals surface area contributed by atoms with Gasteiger partial charge in [-0.25, -0.2) is 0 Å². The van der Waals surface area contributed by atoms with Crippen molar-refractivity contribution in [2.75, 3.05) is 19.0 Å². The summed E-state index contributed by atoms with van der Waals surface area (Å²) in [6, 6.07) is 6.69. The number of methoxy groups -OCH3 is 1. The summed E-state index contributed by atoms with van der Waals surface area (Å²) in [6.07, 6.45) is 4.62. The van der Waals surface area contributed by atoms with Crippen molar-refractivity contribution in [1.82, 2.24) is 4.98 Å². The number of rotatable bonds is 4. The first-order valence-electron chi connectivity index (χ1n) is 7.19. The van der Waals surface area contributed by atoms with E-state index in [1.54, 1.807) is 7.11 Å². The van der Waals surface area contributed by atoms with E-state index in [-0.39, 0.29) is 0 Å². The second-order valence-corrected chi connectivity index (χ2v) is 5.45. The van der Waals surface area contributed by atoms with E-state index in [4.69, 9.17) is 14.9 Å². The number of fused-ring (bicyclic) bond motifs is 1. The van der Waals surface area contributed by atoms with Crippen LogP contribution in [0.5, 0.6) is 5.75 Å². The predicted octanol–water partition coefficient (Wildman–Crippen LogP) is 2.77. The molecule has 1 aliphatic carbocycles. The topological polar surface area (TPSA) is 73.3 Å². The van der Waals surface area contributed by atoms with E-state index >= 15 is 0 Å². The maximum absolute atomic E-state index is 5.72. The fraction of sp³-hybridized carbons (Fsp3) is 0.533. The molecule has 1 heterocycles. The molecule has 1 aliphatic rings. The van der Waals surface area contributed by atoms with E-state index in [0.717, 1.165) is 36.2 Å². The molecular weight excluding hydrogens is 254 g/mol. The number of nitrogens with two attached hydrogens (primary N) is 1. The number of nitrogens with one attached hydrogen (secondary N) is 1. The van der Waals surface area contributed by atoms with Gasteiger partial charge in [-0.1, -0.05) is 0 Å². The van der Waals surface area contributed by atoms with Gasteiger partial charge >= 0.3 is 0 Å². The number of aromatic nitrogens is 1. The van der Waals surface area contributed by atoms with Gasteiger partial charge in [-0.05, 0) is 50.3 Å². The Balaban J connectivity index is 1.68. The van der Waals surface area contributed by atoms with E-state index in [1.165, 1.54) is 12.8 Å². The first kappa shape index (κ1) is 13.2. The zero-order valence-corrected chi connectivity index (χ0v) is 11.8. The molecule has 5 nitrogen and oxygen atoms in total. The molecule has 0 saturated heterocycles. The summed E-state index contributed by atoms with van der Waals surface area (Å²) < 4.78 is 10.9. The Morgan fingerprint density at radius 3 is 2.85 bits per heavy atom. The zero-order chi connectivity index (χ0) is 13.9. The van der Waals surface area contributed by atoms with Crippen LogP contribution in [0.3, 0.4) is 0 Å². The molecule has 0 unspecified atom stereocenters. The van der Waals surface area contributed by atoms with Gasteiger partial charge in [-0.2, -0.15) is 4.98 Å². The molecule has 0 atom stereocenters. The molecule has 1 aromatic carbocycles. The molecule has 0 bridgehead atoms. The van der Waals surface area contributed by atoms with Gasteiger partial charge in [0.1, 0.15) is 11.3 Å². The van der Waals surface area contributed by atoms with Gasteiger partial charge in [0.25, 0.3) is 6.01 Å². The summed E-state index contributed by atoms with van der Waals surface area (Å²) >= 11 is 0. The van der Waals surface area contributed by atoms with Crippen molar-refractivity contribution in [2.24, 2.45) is 11.7 Å². The molecule has 0 spiro atoms. The number of oxazole rings is 1. The van der Waals surface area contributed by atoms with Crippen molar-refractivity contribution in [3.8, 4) is 5.75 Å². The number of anilines is 1. The summed E-state index contributed by atoms with van der Waals surface area (Å²) in [4.78, 5) is 4.47. The third-order valence-corrected chi connectivity index (χ3v) is 4.10. The van der Waals surface area contributed by atoms with E-state index in [2.05, 4.69) is 10.3 Å². The van der Waals surface area contributed by atoms with E-state index in [1.807, 2.05) is 18.2 Å². The van der Waals surface area contributed by atoms with E-state index < -0.39 is 0 Å². The second kappa shape index (κ2) is 5.71. The molecule has 3 rings (SSSR count). The lowest BCUT2D eigenvalue weighted by Gasteiger charge is -2.27. The molecule has 2 aromatic rings. The monoisotopic (exact) mass is 275 g/mol. The number of nitrogens with zero attached hydrogens (tertiary/aromatic N) is 1. The van der Waals surface area contributed by atoms with Crippen LogP contribution in [0.25, 0.3) is 11.1 Å². The third-order valence-electron chi connectivity index (χ3n) is 4.10. The Hall–Kier alpha value is -1.75. The van der Waals surface area contributed by atoms with Gasteiger partial charge in [0, 0.05) is 12.1 Å². The van der Waals surface area contributed by atoms with E-state index in [9.17, 15) is 0 Å². The van der Waals surface area contributed by atoms with Gasteiger partial charge in [0.15, 0.2) is 5.58 Å². The largest absolute Gasteiger partial charge is 0.497 e. The van der Waals surface area contributed by atoms with Crippen LogP contribution in [-0.4, -0.2) is 24.7 Å². The minimum Gasteiger partial charge on any atom is -0.497 e. The van der Waals surface area contributed by atoms with Gasteiger partial charge in [-0.3, -0.25) is 0 Å². The van der Waals surface area contributed by atoms with Crippen molar-refractivity contribution >= 4 is 17.1 Å². The number of ether oxygens (including phenoxy) is 1. The normalized spacial score (nSPS) is 22.9. The molecule has 5 heteroatoms. The SMILES string of the molecule is COc1ccc2oc(NC3CCC(CN)CC3)nc2c1. The lowest BCUT2D eigenvalue weighted by atomic mass is 9.86. The van der Waals surface area contributed by atoms with Crippen LogP contribution in [-0.2, 0) is 0 Å². The molecule has 0 radical (unpaired) electrons. The minimum atomic E-state index is 0.438. The van der Waals surface area contributed by atoms with Crippen molar-refractivity contribution in [2.45, 2.75) is 31.7 Å². The predicted molar refractivity (Wildman–Crippen MR) is 79.0 cm³/mol. The zero-order valence-electron chi connectivity index (χ0n) is 11.8. The maximum Gasteiger partial charge on any atom is 0.295 e. The van der Waals surface area contributed by atoms with Crippen LogP contribution in [0.4, 0.5) is 6.01 Å². The van der Waals surface area contributed by atoms with Gasteiger partial charge < -0.3 is 20.2 Å². The summed E-state index contributed by atoms with van der Waals surface area (Å²) in [6.45, 7) is 0.801. The quantitative estimate of drug-likeness (QED) is 0.897. The minimum absolute atomic E-state index is 0.438. The number of hydrogen-bond donors (Lipinski definition) is 2. The average Bonchev–Trinajstić information content (AvgIpc) is 2.89. The lowest BCUT2D eigenvalue weighted by molar-refractivity contribution is 0.341. The Morgan fingerprint density at radius 1 is 1.35 bits per heavy atom. The average molecular weight is 275 g/mol. The smallest absolute Gasteiger partial charge is 0.295 e. The van der Waals surface area contributed by atoms with Crippen LogP contribution in [0.15, 0.2) is 22.6 Å². The maximum atomic E-state index is 5.72. The molecule has 1 aromatic heterocycles. The van der Waals surface area contributed by atoms with E-state index in [0.29, 0.717) is 18.0 Å². The van der Waals surface area contributed by atoms with Crippen molar-refractivity contribution in [3.63, 3.8) is 0 Å². The highest BCUT2D eigenvalue weighted by atomic mass is 16.5. The molecule has 108 valence electrons. The van der Waals surface area contributed by atoms with Gasteiger partial charge in [0.05, 0.1) is 7.11 Å².